The normalized spacial score (nSPS) is 12.0. The van der Waals surface area contributed by atoms with Crippen LogP contribution in [0.2, 0.25) is 0 Å². The quantitative estimate of drug-likeness (QED) is 0.449. The molecule has 0 amide bonds. The topological polar surface area (TPSA) is 65.7 Å². The molecule has 6 nitrogen and oxygen atoms in total. The molecule has 0 N–H and O–H groups in total. The van der Waals surface area contributed by atoms with Crippen LogP contribution in [0.1, 0.15) is 35.4 Å². The van der Waals surface area contributed by atoms with E-state index in [9.17, 15) is 4.39 Å². The SMILES string of the molecule is COc1nc(-c2cc(C)c(C[C@@H](C)c3ccc(F)cc3)nn2)ccc1-n1cnc(C)c1. The standard InChI is InChI=1S/C24H24FN5O/c1-15(18-5-7-19(25)8-6-18)11-21-16(2)12-22(29-28-21)20-9-10-23(24(27-20)31-4)30-13-17(3)26-14-30/h5-10,12-15H,11H2,1-4H3/t15-/m1/s1. The van der Waals surface area contributed by atoms with Crippen molar-refractivity contribution in [1.29, 1.82) is 0 Å². The lowest BCUT2D eigenvalue weighted by atomic mass is 9.94. The van der Waals surface area contributed by atoms with Gasteiger partial charge in [0.1, 0.15) is 17.2 Å². The summed E-state index contributed by atoms with van der Waals surface area (Å²) in [5.41, 5.74) is 6.11. The van der Waals surface area contributed by atoms with Crippen LogP contribution in [0.15, 0.2) is 55.0 Å². The zero-order valence-electron chi connectivity index (χ0n) is 18.0. The number of hydrogen-bond acceptors (Lipinski definition) is 5. The lowest BCUT2D eigenvalue weighted by Gasteiger charge is -2.14. The predicted octanol–water partition coefficient (Wildman–Crippen LogP) is 4.84. The van der Waals surface area contributed by atoms with E-state index in [4.69, 9.17) is 4.74 Å². The molecule has 0 spiro atoms. The molecule has 158 valence electrons. The van der Waals surface area contributed by atoms with Gasteiger partial charge >= 0.3 is 0 Å². The third-order valence-corrected chi connectivity index (χ3v) is 5.31. The maximum absolute atomic E-state index is 13.2. The average Bonchev–Trinajstić information content (AvgIpc) is 3.21. The van der Waals surface area contributed by atoms with E-state index in [1.165, 1.54) is 12.1 Å². The molecule has 3 aromatic heterocycles. The number of aromatic nitrogens is 5. The summed E-state index contributed by atoms with van der Waals surface area (Å²) in [5, 5.41) is 8.86. The van der Waals surface area contributed by atoms with Gasteiger partial charge in [-0.3, -0.25) is 0 Å². The van der Waals surface area contributed by atoms with Gasteiger partial charge in [-0.15, -0.1) is 5.10 Å². The summed E-state index contributed by atoms with van der Waals surface area (Å²) in [7, 11) is 1.59. The van der Waals surface area contributed by atoms with E-state index in [0.717, 1.165) is 34.6 Å². The summed E-state index contributed by atoms with van der Waals surface area (Å²) in [5.74, 6) is 0.465. The first kappa shape index (κ1) is 20.7. The second-order valence-corrected chi connectivity index (χ2v) is 7.66. The molecule has 1 atom stereocenters. The Hall–Kier alpha value is -3.61. The van der Waals surface area contributed by atoms with Gasteiger partial charge in [0.25, 0.3) is 0 Å². The molecule has 4 aromatic rings. The van der Waals surface area contributed by atoms with Crippen molar-refractivity contribution in [2.75, 3.05) is 7.11 Å². The lowest BCUT2D eigenvalue weighted by molar-refractivity contribution is 0.396. The molecule has 0 radical (unpaired) electrons. The third-order valence-electron chi connectivity index (χ3n) is 5.31. The minimum Gasteiger partial charge on any atom is -0.479 e. The van der Waals surface area contributed by atoms with Crippen LogP contribution in [0.5, 0.6) is 5.88 Å². The fraction of sp³-hybridized carbons (Fsp3) is 0.250. The molecule has 0 fully saturated rings. The van der Waals surface area contributed by atoms with E-state index in [0.29, 0.717) is 17.3 Å². The van der Waals surface area contributed by atoms with Crippen LogP contribution in [0.4, 0.5) is 4.39 Å². The van der Waals surface area contributed by atoms with Crippen molar-refractivity contribution < 1.29 is 9.13 Å². The number of hydrogen-bond donors (Lipinski definition) is 0. The van der Waals surface area contributed by atoms with E-state index in [-0.39, 0.29) is 11.7 Å². The molecule has 0 unspecified atom stereocenters. The number of aryl methyl sites for hydroxylation is 2. The monoisotopic (exact) mass is 417 g/mol. The van der Waals surface area contributed by atoms with Crippen LogP contribution in [0.25, 0.3) is 17.1 Å². The number of methoxy groups -OCH3 is 1. The molecule has 0 aliphatic heterocycles. The summed E-state index contributed by atoms with van der Waals surface area (Å²) < 4.78 is 20.6. The van der Waals surface area contributed by atoms with Gasteiger partial charge in [-0.2, -0.15) is 5.10 Å². The van der Waals surface area contributed by atoms with Gasteiger partial charge in [0.2, 0.25) is 5.88 Å². The van der Waals surface area contributed by atoms with E-state index in [2.05, 4.69) is 27.1 Å². The fourth-order valence-electron chi connectivity index (χ4n) is 3.51. The summed E-state index contributed by atoms with van der Waals surface area (Å²) in [4.78, 5) is 8.88. The Morgan fingerprint density at radius 3 is 2.45 bits per heavy atom. The van der Waals surface area contributed by atoms with Gasteiger partial charge in [-0.05, 0) is 67.6 Å². The molecule has 0 aliphatic rings. The molecule has 31 heavy (non-hydrogen) atoms. The average molecular weight is 417 g/mol. The van der Waals surface area contributed by atoms with Crippen LogP contribution in [0.3, 0.4) is 0 Å². The van der Waals surface area contributed by atoms with Crippen LogP contribution in [-0.4, -0.2) is 31.8 Å². The van der Waals surface area contributed by atoms with Crippen LogP contribution in [0, 0.1) is 19.7 Å². The van der Waals surface area contributed by atoms with Gasteiger partial charge in [0.15, 0.2) is 0 Å². The minimum atomic E-state index is -0.228. The highest BCUT2D eigenvalue weighted by Crippen LogP contribution is 2.27. The highest BCUT2D eigenvalue weighted by Gasteiger charge is 2.14. The molecular formula is C24H24FN5O. The van der Waals surface area contributed by atoms with E-state index < -0.39 is 0 Å². The largest absolute Gasteiger partial charge is 0.479 e. The first-order valence-electron chi connectivity index (χ1n) is 10.1. The van der Waals surface area contributed by atoms with Gasteiger partial charge in [-0.25, -0.2) is 14.4 Å². The number of nitrogens with zero attached hydrogens (tertiary/aromatic N) is 5. The molecule has 0 saturated carbocycles. The summed E-state index contributed by atoms with van der Waals surface area (Å²) in [6.07, 6.45) is 4.37. The van der Waals surface area contributed by atoms with E-state index >= 15 is 0 Å². The molecule has 1 aromatic carbocycles. The summed E-state index contributed by atoms with van der Waals surface area (Å²) in [6.45, 7) is 6.05. The number of halogens is 1. The highest BCUT2D eigenvalue weighted by atomic mass is 19.1. The molecule has 0 aliphatic carbocycles. The Morgan fingerprint density at radius 1 is 1.03 bits per heavy atom. The first-order chi connectivity index (χ1) is 14.9. The van der Waals surface area contributed by atoms with Crippen molar-refractivity contribution in [2.24, 2.45) is 0 Å². The Morgan fingerprint density at radius 2 is 1.81 bits per heavy atom. The first-order valence-corrected chi connectivity index (χ1v) is 10.1. The Bertz CT molecular complexity index is 1200. The van der Waals surface area contributed by atoms with Crippen molar-refractivity contribution in [2.45, 2.75) is 33.1 Å². The Balaban J connectivity index is 1.58. The van der Waals surface area contributed by atoms with Crippen molar-refractivity contribution in [3.8, 4) is 23.0 Å². The fourth-order valence-corrected chi connectivity index (χ4v) is 3.51. The molecule has 0 bridgehead atoms. The minimum absolute atomic E-state index is 0.204. The van der Waals surface area contributed by atoms with Gasteiger partial charge in [0, 0.05) is 6.20 Å². The van der Waals surface area contributed by atoms with E-state index in [1.54, 1.807) is 13.4 Å². The lowest BCUT2D eigenvalue weighted by Crippen LogP contribution is -2.06. The van der Waals surface area contributed by atoms with Crippen molar-refractivity contribution in [3.63, 3.8) is 0 Å². The summed E-state index contributed by atoms with van der Waals surface area (Å²) >= 11 is 0. The molecular weight excluding hydrogens is 393 g/mol. The number of ether oxygens (including phenoxy) is 1. The smallest absolute Gasteiger partial charge is 0.238 e. The number of pyridine rings is 1. The zero-order valence-corrected chi connectivity index (χ0v) is 18.0. The third kappa shape index (κ3) is 4.45. The van der Waals surface area contributed by atoms with E-state index in [1.807, 2.05) is 54.9 Å². The number of rotatable bonds is 6. The van der Waals surface area contributed by atoms with Gasteiger partial charge < -0.3 is 9.30 Å². The van der Waals surface area contributed by atoms with Gasteiger partial charge in [0.05, 0.1) is 30.5 Å². The second kappa shape index (κ2) is 8.63. The van der Waals surface area contributed by atoms with Crippen molar-refractivity contribution >= 4 is 0 Å². The summed E-state index contributed by atoms with van der Waals surface area (Å²) in [6, 6.07) is 12.4. The molecule has 0 saturated heterocycles. The molecule has 3 heterocycles. The Labute approximate surface area is 180 Å². The Kier molecular flexibility index (Phi) is 5.75. The van der Waals surface area contributed by atoms with Crippen LogP contribution >= 0.6 is 0 Å². The van der Waals surface area contributed by atoms with Crippen molar-refractivity contribution in [3.05, 3.63) is 83.3 Å². The predicted molar refractivity (Wildman–Crippen MR) is 117 cm³/mol. The van der Waals surface area contributed by atoms with Crippen molar-refractivity contribution in [1.82, 2.24) is 24.7 Å². The van der Waals surface area contributed by atoms with Gasteiger partial charge in [-0.1, -0.05) is 19.1 Å². The van der Waals surface area contributed by atoms with Crippen LogP contribution < -0.4 is 4.74 Å². The highest BCUT2D eigenvalue weighted by molar-refractivity contribution is 5.59. The van der Waals surface area contributed by atoms with Crippen LogP contribution in [-0.2, 0) is 6.42 Å². The maximum Gasteiger partial charge on any atom is 0.238 e. The number of imidazole rings is 1. The zero-order chi connectivity index (χ0) is 22.0. The maximum atomic E-state index is 13.2. The molecule has 7 heteroatoms. The molecule has 4 rings (SSSR count). The second-order valence-electron chi connectivity index (χ2n) is 7.66. The number of benzene rings is 1.